The maximum Gasteiger partial charge on any atom is 0.312 e. The van der Waals surface area contributed by atoms with Crippen LogP contribution in [0.5, 0.6) is 0 Å². The Bertz CT molecular complexity index is 1190. The van der Waals surface area contributed by atoms with Crippen LogP contribution in [0, 0.1) is 30.9 Å². The molecule has 0 saturated carbocycles. The molecule has 13 nitrogen and oxygen atoms in total. The molecule has 3 aromatic heterocycles. The molecule has 0 aromatic carbocycles. The average Bonchev–Trinajstić information content (AvgIpc) is 3.37. The lowest BCUT2D eigenvalue weighted by atomic mass is 10.3. The zero-order chi connectivity index (χ0) is 23.6. The van der Waals surface area contributed by atoms with Crippen molar-refractivity contribution in [2.24, 2.45) is 7.05 Å². The number of aryl methyl sites for hydroxylation is 4. The minimum Gasteiger partial charge on any atom is -0.323 e. The second-order valence-corrected chi connectivity index (χ2v) is 7.24. The smallest absolute Gasteiger partial charge is 0.312 e. The minimum absolute atomic E-state index is 0.0131. The third kappa shape index (κ3) is 4.36. The molecule has 3 aromatic rings. The highest BCUT2D eigenvalue weighted by atomic mass is 16.6. The van der Waals surface area contributed by atoms with Gasteiger partial charge in [-0.15, -0.1) is 0 Å². The molecule has 32 heavy (non-hydrogen) atoms. The Balaban J connectivity index is 1.72. The molecule has 0 aliphatic carbocycles. The number of nitrogens with zero attached hydrogens (tertiary/aromatic N) is 7. The monoisotopic (exact) mass is 443 g/mol. The summed E-state index contributed by atoms with van der Waals surface area (Å²) in [7, 11) is 1.77. The number of hydrogen-bond acceptors (Lipinski definition) is 7. The number of anilines is 2. The lowest BCUT2D eigenvalue weighted by molar-refractivity contribution is -0.386. The Kier molecular flexibility index (Phi) is 6.37. The Labute approximate surface area is 183 Å². The van der Waals surface area contributed by atoms with E-state index in [1.54, 1.807) is 31.8 Å². The normalized spacial score (nSPS) is 10.9. The largest absolute Gasteiger partial charge is 0.323 e. The summed E-state index contributed by atoms with van der Waals surface area (Å²) >= 11 is 0. The Hall–Kier alpha value is -4.03. The van der Waals surface area contributed by atoms with E-state index < -0.39 is 10.8 Å². The van der Waals surface area contributed by atoms with Crippen molar-refractivity contribution in [3.8, 4) is 0 Å². The van der Waals surface area contributed by atoms with Crippen LogP contribution < -0.4 is 10.6 Å². The van der Waals surface area contributed by atoms with Crippen LogP contribution in [0.25, 0.3) is 0 Å². The highest BCUT2D eigenvalue weighted by Gasteiger charge is 2.23. The third-order valence-electron chi connectivity index (χ3n) is 5.19. The van der Waals surface area contributed by atoms with Crippen LogP contribution >= 0.6 is 0 Å². The van der Waals surface area contributed by atoms with Gasteiger partial charge in [0, 0.05) is 20.0 Å². The second-order valence-electron chi connectivity index (χ2n) is 7.24. The number of rotatable bonds is 8. The fourth-order valence-electron chi connectivity index (χ4n) is 3.35. The lowest BCUT2D eigenvalue weighted by Gasteiger charge is -2.10. The van der Waals surface area contributed by atoms with Gasteiger partial charge in [-0.05, 0) is 27.7 Å². The van der Waals surface area contributed by atoms with Crippen molar-refractivity contribution in [1.82, 2.24) is 29.3 Å². The molecule has 13 heteroatoms. The molecule has 2 amide bonds. The Morgan fingerprint density at radius 3 is 2.31 bits per heavy atom. The molecular formula is C19H25N9O4. The van der Waals surface area contributed by atoms with E-state index in [0.29, 0.717) is 23.6 Å². The highest BCUT2D eigenvalue weighted by Crippen LogP contribution is 2.22. The Morgan fingerprint density at radius 1 is 1.06 bits per heavy atom. The van der Waals surface area contributed by atoms with E-state index in [4.69, 9.17) is 0 Å². The molecule has 3 heterocycles. The molecule has 170 valence electrons. The fourth-order valence-corrected chi connectivity index (χ4v) is 3.35. The summed E-state index contributed by atoms with van der Waals surface area (Å²) < 4.78 is 4.56. The van der Waals surface area contributed by atoms with Gasteiger partial charge in [0.1, 0.15) is 17.1 Å². The molecule has 2 N–H and O–H groups in total. The molecule has 0 atom stereocenters. The highest BCUT2D eigenvalue weighted by molar-refractivity contribution is 6.09. The van der Waals surface area contributed by atoms with Crippen molar-refractivity contribution in [2.45, 2.75) is 47.2 Å². The van der Waals surface area contributed by atoms with Gasteiger partial charge in [-0.3, -0.25) is 33.7 Å². The van der Waals surface area contributed by atoms with Crippen molar-refractivity contribution < 1.29 is 14.5 Å². The molecule has 0 saturated heterocycles. The van der Waals surface area contributed by atoms with Gasteiger partial charge in [0.05, 0.1) is 40.9 Å². The van der Waals surface area contributed by atoms with Gasteiger partial charge in [-0.1, -0.05) is 0 Å². The predicted molar refractivity (Wildman–Crippen MR) is 115 cm³/mol. The molecule has 0 aliphatic heterocycles. The lowest BCUT2D eigenvalue weighted by Crippen LogP contribution is -2.22. The predicted octanol–water partition coefficient (Wildman–Crippen LogP) is 1.95. The summed E-state index contributed by atoms with van der Waals surface area (Å²) in [5.41, 5.74) is 2.45. The minimum atomic E-state index is -0.484. The average molecular weight is 443 g/mol. The molecular weight excluding hydrogens is 418 g/mol. The van der Waals surface area contributed by atoms with Crippen molar-refractivity contribution in [3.63, 3.8) is 0 Å². The van der Waals surface area contributed by atoms with Crippen LogP contribution in [-0.4, -0.2) is 46.1 Å². The summed E-state index contributed by atoms with van der Waals surface area (Å²) in [6.07, 6.45) is 2.98. The van der Waals surface area contributed by atoms with Gasteiger partial charge in [0.15, 0.2) is 0 Å². The number of carbonyl (C=O) groups is 2. The van der Waals surface area contributed by atoms with E-state index >= 15 is 0 Å². The van der Waals surface area contributed by atoms with Crippen LogP contribution in [0.2, 0.25) is 0 Å². The number of hydrogen-bond donors (Lipinski definition) is 2. The van der Waals surface area contributed by atoms with Gasteiger partial charge < -0.3 is 10.6 Å². The van der Waals surface area contributed by atoms with Crippen LogP contribution in [0.1, 0.15) is 40.9 Å². The van der Waals surface area contributed by atoms with E-state index in [0.717, 1.165) is 5.69 Å². The molecule has 0 radical (unpaired) electrons. The van der Waals surface area contributed by atoms with Crippen LogP contribution in [0.3, 0.4) is 0 Å². The van der Waals surface area contributed by atoms with Crippen LogP contribution in [0.4, 0.5) is 17.1 Å². The molecule has 0 bridgehead atoms. The molecule has 0 fully saturated rings. The Morgan fingerprint density at radius 2 is 1.75 bits per heavy atom. The first-order valence-electron chi connectivity index (χ1n) is 9.98. The molecule has 0 unspecified atom stereocenters. The van der Waals surface area contributed by atoms with Crippen LogP contribution in [0.15, 0.2) is 12.4 Å². The summed E-state index contributed by atoms with van der Waals surface area (Å²) in [5.74, 6) is -0.799. The quantitative estimate of drug-likeness (QED) is 0.398. The van der Waals surface area contributed by atoms with Crippen LogP contribution in [-0.2, 0) is 24.9 Å². The van der Waals surface area contributed by atoms with E-state index in [2.05, 4.69) is 25.9 Å². The molecule has 0 aliphatic rings. The molecule has 0 spiro atoms. The zero-order valence-electron chi connectivity index (χ0n) is 18.5. The van der Waals surface area contributed by atoms with Gasteiger partial charge in [0.25, 0.3) is 5.91 Å². The van der Waals surface area contributed by atoms with E-state index in [-0.39, 0.29) is 35.9 Å². The van der Waals surface area contributed by atoms with Gasteiger partial charge in [0.2, 0.25) is 5.91 Å². The summed E-state index contributed by atoms with van der Waals surface area (Å²) in [6, 6.07) is 0. The van der Waals surface area contributed by atoms with Crippen molar-refractivity contribution in [3.05, 3.63) is 45.3 Å². The first-order chi connectivity index (χ1) is 15.1. The van der Waals surface area contributed by atoms with E-state index in [1.807, 2.05) is 13.8 Å². The van der Waals surface area contributed by atoms with E-state index in [1.165, 1.54) is 15.6 Å². The van der Waals surface area contributed by atoms with Gasteiger partial charge in [-0.25, -0.2) is 0 Å². The van der Waals surface area contributed by atoms with Crippen molar-refractivity contribution in [2.75, 3.05) is 10.6 Å². The maximum atomic E-state index is 12.9. The number of aromatic nitrogens is 6. The number of carbonyl (C=O) groups excluding carboxylic acids is 2. The van der Waals surface area contributed by atoms with E-state index in [9.17, 15) is 19.7 Å². The number of nitrogens with one attached hydrogen (secondary N) is 2. The van der Waals surface area contributed by atoms with Gasteiger partial charge >= 0.3 is 5.69 Å². The topological polar surface area (TPSA) is 155 Å². The standard InChI is InChI=1S/C19H25N9O4/c1-6-26-18(19(30)23-14-9-20-25(5)12(14)3)15(10-21-26)22-16(29)7-8-27-13(4)17(28(31)32)11(2)24-27/h9-10H,6-8H2,1-5H3,(H,22,29)(H,23,30). The number of amides is 2. The third-order valence-corrected chi connectivity index (χ3v) is 5.19. The SMILES string of the molecule is CCn1ncc(NC(=O)CCn2nc(C)c([N+](=O)[O-])c2C)c1C(=O)Nc1cnn(C)c1C. The maximum absolute atomic E-state index is 12.9. The number of nitro groups is 1. The van der Waals surface area contributed by atoms with Crippen molar-refractivity contribution >= 4 is 28.9 Å². The van der Waals surface area contributed by atoms with Gasteiger partial charge in [-0.2, -0.15) is 15.3 Å². The fraction of sp³-hybridized carbons (Fsp3) is 0.421. The first-order valence-corrected chi connectivity index (χ1v) is 9.98. The summed E-state index contributed by atoms with van der Waals surface area (Å²) in [5, 5.41) is 29.1. The summed E-state index contributed by atoms with van der Waals surface area (Å²) in [4.78, 5) is 36.1. The zero-order valence-corrected chi connectivity index (χ0v) is 18.5. The molecule has 3 rings (SSSR count). The first kappa shape index (κ1) is 22.7. The summed E-state index contributed by atoms with van der Waals surface area (Å²) in [6.45, 7) is 7.39. The van der Waals surface area contributed by atoms with Crippen molar-refractivity contribution in [1.29, 1.82) is 0 Å². The second kappa shape index (κ2) is 8.99.